The largest absolute Gasteiger partial charge is 0.497 e. The van der Waals surface area contributed by atoms with Crippen molar-refractivity contribution in [1.82, 2.24) is 15.0 Å². The lowest BCUT2D eigenvalue weighted by Gasteiger charge is -2.12. The van der Waals surface area contributed by atoms with Crippen LogP contribution in [0.3, 0.4) is 0 Å². The van der Waals surface area contributed by atoms with Crippen molar-refractivity contribution in [2.24, 2.45) is 0 Å². The fraction of sp³-hybridized carbons (Fsp3) is 0.0833. The van der Waals surface area contributed by atoms with Gasteiger partial charge < -0.3 is 20.5 Å². The fourth-order valence-corrected chi connectivity index (χ4v) is 3.60. The maximum absolute atomic E-state index is 5.26. The molecular formula is C24H23ClN4O2. The summed E-state index contributed by atoms with van der Waals surface area (Å²) in [7, 11) is 1.67. The van der Waals surface area contributed by atoms with Gasteiger partial charge in [0, 0.05) is 22.3 Å². The molecule has 158 valence electrons. The van der Waals surface area contributed by atoms with E-state index in [0.29, 0.717) is 0 Å². The first kappa shape index (κ1) is 22.1. The second-order valence-electron chi connectivity index (χ2n) is 6.97. The topological polar surface area (TPSA) is 94.3 Å². The number of methoxy groups -OCH3 is 1. The smallest absolute Gasteiger partial charge is 0.138 e. The monoisotopic (exact) mass is 434 g/mol. The third-order valence-corrected chi connectivity index (χ3v) is 4.97. The zero-order valence-corrected chi connectivity index (χ0v) is 18.0. The Morgan fingerprint density at radius 3 is 2.29 bits per heavy atom. The second kappa shape index (κ2) is 9.04. The Kier molecular flexibility index (Phi) is 6.44. The van der Waals surface area contributed by atoms with E-state index in [9.17, 15) is 0 Å². The molecule has 0 amide bonds. The van der Waals surface area contributed by atoms with Crippen LogP contribution < -0.4 is 10.1 Å². The minimum absolute atomic E-state index is 0. The molecule has 0 unspecified atom stereocenters. The van der Waals surface area contributed by atoms with Gasteiger partial charge in [0.2, 0.25) is 0 Å². The van der Waals surface area contributed by atoms with Crippen LogP contribution in [0, 0.1) is 6.92 Å². The molecule has 0 saturated heterocycles. The highest BCUT2D eigenvalue weighted by molar-refractivity contribution is 6.10. The molecule has 31 heavy (non-hydrogen) atoms. The predicted molar refractivity (Wildman–Crippen MR) is 129 cm³/mol. The van der Waals surface area contributed by atoms with Crippen LogP contribution in [-0.4, -0.2) is 27.5 Å². The quantitative estimate of drug-likeness (QED) is 0.394. The van der Waals surface area contributed by atoms with Crippen LogP contribution in [0.25, 0.3) is 33.3 Å². The van der Waals surface area contributed by atoms with Crippen molar-refractivity contribution in [2.75, 3.05) is 12.4 Å². The number of hydrogen-bond acceptors (Lipinski definition) is 4. The summed E-state index contributed by atoms with van der Waals surface area (Å²) in [5.74, 6) is 1.68. The van der Waals surface area contributed by atoms with Gasteiger partial charge in [-0.25, -0.2) is 4.98 Å². The number of imidazole rings is 1. The third-order valence-electron chi connectivity index (χ3n) is 4.97. The molecule has 2 heterocycles. The molecule has 2 aromatic heterocycles. The summed E-state index contributed by atoms with van der Waals surface area (Å²) < 4.78 is 5.26. The Balaban J connectivity index is 0.00000136. The van der Waals surface area contributed by atoms with Crippen molar-refractivity contribution in [1.29, 1.82) is 0 Å². The third kappa shape index (κ3) is 4.17. The van der Waals surface area contributed by atoms with Crippen molar-refractivity contribution in [2.45, 2.75) is 6.92 Å². The standard InChI is InChI=1S/C24H20N4O.ClH.H2O/c1-15-14-21(26-17-8-10-18(29-2)11-9-17)22-19(25-15)12-13-20-23(22)28-24(27-20)16-6-4-3-5-7-16;;/h3-14H,1-2H3,(H,25,26)(H,27,28);1H;1H2. The number of H-pyrrole nitrogens is 1. The number of aromatic amines is 1. The number of hydrogen-bond donors (Lipinski definition) is 2. The van der Waals surface area contributed by atoms with Crippen LogP contribution in [0.4, 0.5) is 11.4 Å². The lowest BCUT2D eigenvalue weighted by atomic mass is 10.1. The van der Waals surface area contributed by atoms with Gasteiger partial charge in [-0.1, -0.05) is 30.3 Å². The van der Waals surface area contributed by atoms with E-state index < -0.39 is 0 Å². The molecule has 0 aliphatic rings. The normalized spacial score (nSPS) is 10.4. The number of pyridine rings is 1. The Morgan fingerprint density at radius 2 is 1.58 bits per heavy atom. The first-order valence-corrected chi connectivity index (χ1v) is 9.48. The van der Waals surface area contributed by atoms with Gasteiger partial charge in [0.05, 0.1) is 29.3 Å². The molecule has 5 rings (SSSR count). The fourth-order valence-electron chi connectivity index (χ4n) is 3.60. The molecule has 6 nitrogen and oxygen atoms in total. The summed E-state index contributed by atoms with van der Waals surface area (Å²) in [5.41, 5.74) is 6.81. The minimum atomic E-state index is 0. The van der Waals surface area contributed by atoms with Gasteiger partial charge >= 0.3 is 0 Å². The van der Waals surface area contributed by atoms with E-state index in [1.807, 2.05) is 61.5 Å². The number of ether oxygens (including phenoxy) is 1. The molecule has 5 aromatic rings. The Morgan fingerprint density at radius 1 is 0.871 bits per heavy atom. The average molecular weight is 435 g/mol. The molecule has 0 atom stereocenters. The molecular weight excluding hydrogens is 412 g/mol. The van der Waals surface area contributed by atoms with Gasteiger partial charge in [0.25, 0.3) is 0 Å². The maximum Gasteiger partial charge on any atom is 0.138 e. The number of nitrogens with zero attached hydrogens (tertiary/aromatic N) is 2. The summed E-state index contributed by atoms with van der Waals surface area (Å²) in [4.78, 5) is 13.0. The van der Waals surface area contributed by atoms with E-state index in [4.69, 9.17) is 14.7 Å². The molecule has 0 radical (unpaired) electrons. The number of fused-ring (bicyclic) bond motifs is 3. The average Bonchev–Trinajstić information content (AvgIpc) is 3.19. The van der Waals surface area contributed by atoms with Gasteiger partial charge in [-0.3, -0.25) is 4.98 Å². The Labute approximate surface area is 186 Å². The number of benzene rings is 3. The van der Waals surface area contributed by atoms with Crippen LogP contribution >= 0.6 is 12.4 Å². The first-order chi connectivity index (χ1) is 14.2. The number of nitrogens with one attached hydrogen (secondary N) is 2. The molecule has 0 saturated carbocycles. The number of aryl methyl sites for hydroxylation is 1. The summed E-state index contributed by atoms with van der Waals surface area (Å²) in [5, 5.41) is 4.56. The van der Waals surface area contributed by atoms with Gasteiger partial charge in [0.1, 0.15) is 11.6 Å². The zero-order chi connectivity index (χ0) is 19.8. The highest BCUT2D eigenvalue weighted by atomic mass is 35.5. The summed E-state index contributed by atoms with van der Waals surface area (Å²) in [6.45, 7) is 2.01. The van der Waals surface area contributed by atoms with E-state index >= 15 is 0 Å². The van der Waals surface area contributed by atoms with Crippen LogP contribution in [-0.2, 0) is 0 Å². The maximum atomic E-state index is 5.26. The molecule has 7 heteroatoms. The van der Waals surface area contributed by atoms with Crippen molar-refractivity contribution >= 4 is 45.7 Å². The van der Waals surface area contributed by atoms with Gasteiger partial charge in [0.15, 0.2) is 0 Å². The van der Waals surface area contributed by atoms with Crippen molar-refractivity contribution in [3.63, 3.8) is 0 Å². The van der Waals surface area contributed by atoms with E-state index in [1.165, 1.54) is 0 Å². The summed E-state index contributed by atoms with van der Waals surface area (Å²) >= 11 is 0. The van der Waals surface area contributed by atoms with Crippen LogP contribution in [0.15, 0.2) is 72.8 Å². The number of halogens is 1. The van der Waals surface area contributed by atoms with Gasteiger partial charge in [-0.15, -0.1) is 12.4 Å². The van der Waals surface area contributed by atoms with E-state index in [0.717, 1.165) is 56.1 Å². The van der Waals surface area contributed by atoms with Crippen molar-refractivity contribution < 1.29 is 10.2 Å². The summed E-state index contributed by atoms with van der Waals surface area (Å²) in [6.07, 6.45) is 0. The lowest BCUT2D eigenvalue weighted by molar-refractivity contribution is 0.415. The Bertz CT molecular complexity index is 1320. The minimum Gasteiger partial charge on any atom is -0.497 e. The van der Waals surface area contributed by atoms with Gasteiger partial charge in [-0.05, 0) is 49.4 Å². The second-order valence-corrected chi connectivity index (χ2v) is 6.97. The number of anilines is 2. The zero-order valence-electron chi connectivity index (χ0n) is 17.1. The molecule has 0 fully saturated rings. The molecule has 4 N–H and O–H groups in total. The highest BCUT2D eigenvalue weighted by Gasteiger charge is 2.13. The molecule has 0 aliphatic heterocycles. The first-order valence-electron chi connectivity index (χ1n) is 9.48. The van der Waals surface area contributed by atoms with Crippen LogP contribution in [0.2, 0.25) is 0 Å². The lowest BCUT2D eigenvalue weighted by Crippen LogP contribution is -1.95. The molecule has 0 aliphatic carbocycles. The van der Waals surface area contributed by atoms with Crippen molar-refractivity contribution in [3.8, 4) is 17.1 Å². The number of aromatic nitrogens is 3. The molecule has 0 bridgehead atoms. The Hall–Kier alpha value is -3.61. The van der Waals surface area contributed by atoms with Crippen LogP contribution in [0.1, 0.15) is 5.69 Å². The molecule has 0 spiro atoms. The molecule has 3 aromatic carbocycles. The highest BCUT2D eigenvalue weighted by Crippen LogP contribution is 2.33. The SMILES string of the molecule is COc1ccc(Nc2cc(C)nc3ccc4nc(-c5ccccc5)[nH]c4c23)cc1.Cl.O. The van der Waals surface area contributed by atoms with Crippen molar-refractivity contribution in [3.05, 3.63) is 78.5 Å². The van der Waals surface area contributed by atoms with Gasteiger partial charge in [-0.2, -0.15) is 0 Å². The summed E-state index contributed by atoms with van der Waals surface area (Å²) in [6, 6.07) is 24.1. The number of rotatable bonds is 4. The van der Waals surface area contributed by atoms with E-state index in [1.54, 1.807) is 7.11 Å². The van der Waals surface area contributed by atoms with E-state index in [2.05, 4.69) is 28.5 Å². The van der Waals surface area contributed by atoms with Crippen LogP contribution in [0.5, 0.6) is 5.75 Å². The van der Waals surface area contributed by atoms with E-state index in [-0.39, 0.29) is 17.9 Å². The predicted octanol–water partition coefficient (Wildman–Crippen LogP) is 5.44.